The molecule has 0 heterocycles. The van der Waals surface area contributed by atoms with Gasteiger partial charge in [-0.25, -0.2) is 0 Å². The average molecular weight is 1080 g/mol. The fourth-order valence-electron chi connectivity index (χ4n) is 10.2. The van der Waals surface area contributed by atoms with Gasteiger partial charge >= 0.3 is 17.9 Å². The molecule has 0 aromatic heterocycles. The van der Waals surface area contributed by atoms with Gasteiger partial charge in [-0.15, -0.1) is 0 Å². The van der Waals surface area contributed by atoms with E-state index < -0.39 is 6.10 Å². The van der Waals surface area contributed by atoms with Crippen LogP contribution in [-0.2, 0) is 28.6 Å². The summed E-state index contributed by atoms with van der Waals surface area (Å²) in [6.45, 7) is 6.56. The lowest BCUT2D eigenvalue weighted by Crippen LogP contribution is -2.30. The molecule has 6 nitrogen and oxygen atoms in total. The maximum Gasteiger partial charge on any atom is 0.306 e. The van der Waals surface area contributed by atoms with E-state index in [-0.39, 0.29) is 31.1 Å². The summed E-state index contributed by atoms with van der Waals surface area (Å²) in [5, 5.41) is 0. The number of hydrogen-bond acceptors (Lipinski definition) is 6. The molecule has 0 aromatic carbocycles. The Morgan fingerprint density at radius 2 is 0.468 bits per heavy atom. The lowest BCUT2D eigenvalue weighted by Gasteiger charge is -2.18. The van der Waals surface area contributed by atoms with Gasteiger partial charge in [-0.3, -0.25) is 14.4 Å². The highest BCUT2D eigenvalue weighted by atomic mass is 16.6. The van der Waals surface area contributed by atoms with Crippen LogP contribution in [0.3, 0.4) is 0 Å². The van der Waals surface area contributed by atoms with Crippen LogP contribution in [0.1, 0.15) is 367 Å². The second-order valence-corrected chi connectivity index (χ2v) is 23.1. The van der Waals surface area contributed by atoms with Gasteiger partial charge in [-0.2, -0.15) is 0 Å². The molecular formula is C71H130O6. The van der Waals surface area contributed by atoms with Crippen molar-refractivity contribution in [1.82, 2.24) is 0 Å². The van der Waals surface area contributed by atoms with Crippen LogP contribution in [0, 0.1) is 0 Å². The summed E-state index contributed by atoms with van der Waals surface area (Å²) < 4.78 is 16.8. The van der Waals surface area contributed by atoms with Crippen molar-refractivity contribution in [2.75, 3.05) is 13.2 Å². The Morgan fingerprint density at radius 1 is 0.260 bits per heavy atom. The van der Waals surface area contributed by atoms with Gasteiger partial charge in [-0.1, -0.05) is 313 Å². The molecule has 0 rings (SSSR count). The molecule has 0 fully saturated rings. The molecule has 0 aromatic rings. The minimum absolute atomic E-state index is 0.0752. The largest absolute Gasteiger partial charge is 0.462 e. The Morgan fingerprint density at radius 3 is 0.766 bits per heavy atom. The first-order chi connectivity index (χ1) is 38.0. The molecule has 6 heteroatoms. The number of ether oxygens (including phenoxy) is 3. The summed E-state index contributed by atoms with van der Waals surface area (Å²) in [4.78, 5) is 37.9. The summed E-state index contributed by atoms with van der Waals surface area (Å²) in [5.41, 5.74) is 0. The van der Waals surface area contributed by atoms with Crippen LogP contribution in [0.15, 0.2) is 48.6 Å². The van der Waals surface area contributed by atoms with E-state index in [1.165, 1.54) is 244 Å². The summed E-state index contributed by atoms with van der Waals surface area (Å²) in [5.74, 6) is -0.885. The monoisotopic (exact) mass is 1080 g/mol. The van der Waals surface area contributed by atoms with E-state index >= 15 is 0 Å². The number of rotatable bonds is 63. The van der Waals surface area contributed by atoms with Crippen LogP contribution in [0.2, 0.25) is 0 Å². The molecule has 0 radical (unpaired) electrons. The quantitative estimate of drug-likeness (QED) is 0.0261. The molecule has 0 saturated carbocycles. The van der Waals surface area contributed by atoms with Gasteiger partial charge in [0.25, 0.3) is 0 Å². The van der Waals surface area contributed by atoms with Crippen LogP contribution in [0.25, 0.3) is 0 Å². The minimum atomic E-state index is -0.775. The summed E-state index contributed by atoms with van der Waals surface area (Å²) >= 11 is 0. The van der Waals surface area contributed by atoms with E-state index in [1.54, 1.807) is 0 Å². The standard InChI is InChI=1S/C71H130O6/c1-4-7-10-13-15-17-19-21-23-25-27-28-29-30-31-32-33-34-35-36-37-38-39-40-41-42-44-45-47-49-51-53-55-58-61-64-70(73)76-67-68(66-75-69(72)63-60-57-12-9-6-3)77-71(74)65-62-59-56-54-52-50-48-46-43-26-24-22-20-18-16-14-11-8-5-2/h16,18,22,24-25,27,43,46,68H,4-15,17,19-21,23,26,28-42,44-45,47-67H2,1-3H3/b18-16-,24-22-,27-25-,46-43-. The molecule has 1 atom stereocenters. The van der Waals surface area contributed by atoms with Crippen molar-refractivity contribution < 1.29 is 28.6 Å². The highest BCUT2D eigenvalue weighted by Gasteiger charge is 2.19. The van der Waals surface area contributed by atoms with E-state index in [0.29, 0.717) is 19.3 Å². The Bertz CT molecular complexity index is 1330. The van der Waals surface area contributed by atoms with Crippen LogP contribution < -0.4 is 0 Å². The van der Waals surface area contributed by atoms with Crippen molar-refractivity contribution >= 4 is 17.9 Å². The molecule has 0 aliphatic carbocycles. The van der Waals surface area contributed by atoms with Crippen molar-refractivity contribution in [2.24, 2.45) is 0 Å². The zero-order valence-electron chi connectivity index (χ0n) is 51.7. The Labute approximate surface area is 479 Å². The molecule has 1 unspecified atom stereocenters. The molecular weight excluding hydrogens is 949 g/mol. The molecule has 0 bridgehead atoms. The predicted octanol–water partition coefficient (Wildman–Crippen LogP) is 23.3. The van der Waals surface area contributed by atoms with Gasteiger partial charge in [0.15, 0.2) is 6.10 Å². The van der Waals surface area contributed by atoms with Gasteiger partial charge < -0.3 is 14.2 Å². The second kappa shape index (κ2) is 65.9. The van der Waals surface area contributed by atoms with Gasteiger partial charge in [0, 0.05) is 19.3 Å². The first kappa shape index (κ1) is 74.4. The highest BCUT2D eigenvalue weighted by molar-refractivity contribution is 5.71. The number of esters is 3. The third-order valence-electron chi connectivity index (χ3n) is 15.3. The molecule has 0 saturated heterocycles. The maximum absolute atomic E-state index is 12.8. The van der Waals surface area contributed by atoms with E-state index in [0.717, 1.165) is 83.5 Å². The van der Waals surface area contributed by atoms with Crippen molar-refractivity contribution in [1.29, 1.82) is 0 Å². The lowest BCUT2D eigenvalue weighted by molar-refractivity contribution is -0.167. The molecule has 450 valence electrons. The SMILES string of the molecule is CCCCC/C=C\C/C=C\C/C=C\CCCCCCCCC(=O)OC(COC(=O)CCCCCCC)COC(=O)CCCCCCCCCCCCCCCCCCCCCCCCC/C=C\CCCCCCCCCC. The van der Waals surface area contributed by atoms with E-state index in [4.69, 9.17) is 14.2 Å². The van der Waals surface area contributed by atoms with Crippen LogP contribution in [0.4, 0.5) is 0 Å². The third-order valence-corrected chi connectivity index (χ3v) is 15.3. The number of allylic oxidation sites excluding steroid dienone is 8. The summed E-state index contributed by atoms with van der Waals surface area (Å²) in [7, 11) is 0. The summed E-state index contributed by atoms with van der Waals surface area (Å²) in [6.07, 6.45) is 83.5. The minimum Gasteiger partial charge on any atom is -0.462 e. The van der Waals surface area contributed by atoms with E-state index in [9.17, 15) is 14.4 Å². The van der Waals surface area contributed by atoms with Crippen molar-refractivity contribution in [2.45, 2.75) is 374 Å². The smallest absolute Gasteiger partial charge is 0.306 e. The Balaban J connectivity index is 3.89. The molecule has 0 aliphatic rings. The first-order valence-corrected chi connectivity index (χ1v) is 34.1. The van der Waals surface area contributed by atoms with Crippen LogP contribution in [0.5, 0.6) is 0 Å². The van der Waals surface area contributed by atoms with E-state index in [2.05, 4.69) is 69.4 Å². The van der Waals surface area contributed by atoms with Crippen molar-refractivity contribution in [3.05, 3.63) is 48.6 Å². The lowest BCUT2D eigenvalue weighted by atomic mass is 10.0. The second-order valence-electron chi connectivity index (χ2n) is 23.1. The normalized spacial score (nSPS) is 12.3. The highest BCUT2D eigenvalue weighted by Crippen LogP contribution is 2.18. The van der Waals surface area contributed by atoms with Crippen LogP contribution in [-0.4, -0.2) is 37.2 Å². The molecule has 77 heavy (non-hydrogen) atoms. The number of carbonyl (C=O) groups excluding carboxylic acids is 3. The van der Waals surface area contributed by atoms with Gasteiger partial charge in [-0.05, 0) is 83.5 Å². The third kappa shape index (κ3) is 64.1. The molecule has 0 spiro atoms. The Kier molecular flexibility index (Phi) is 63.6. The fraction of sp³-hybridized carbons (Fsp3) is 0.845. The molecule has 0 amide bonds. The number of hydrogen-bond donors (Lipinski definition) is 0. The fourth-order valence-corrected chi connectivity index (χ4v) is 10.2. The van der Waals surface area contributed by atoms with Gasteiger partial charge in [0.2, 0.25) is 0 Å². The Hall–Kier alpha value is -2.63. The molecule has 0 N–H and O–H groups in total. The molecule has 0 aliphatic heterocycles. The topological polar surface area (TPSA) is 78.9 Å². The summed E-state index contributed by atoms with van der Waals surface area (Å²) in [6, 6.07) is 0. The van der Waals surface area contributed by atoms with Crippen molar-refractivity contribution in [3.63, 3.8) is 0 Å². The zero-order valence-corrected chi connectivity index (χ0v) is 51.7. The van der Waals surface area contributed by atoms with Gasteiger partial charge in [0.05, 0.1) is 0 Å². The van der Waals surface area contributed by atoms with E-state index in [1.807, 2.05) is 0 Å². The van der Waals surface area contributed by atoms with Crippen LogP contribution >= 0.6 is 0 Å². The zero-order chi connectivity index (χ0) is 55.7. The average Bonchev–Trinajstić information content (AvgIpc) is 3.43. The van der Waals surface area contributed by atoms with Crippen molar-refractivity contribution in [3.8, 4) is 0 Å². The number of unbranched alkanes of at least 4 members (excludes halogenated alkanes) is 44. The van der Waals surface area contributed by atoms with Gasteiger partial charge in [0.1, 0.15) is 13.2 Å². The number of carbonyl (C=O) groups is 3. The maximum atomic E-state index is 12.8. The predicted molar refractivity (Wildman–Crippen MR) is 335 cm³/mol. The first-order valence-electron chi connectivity index (χ1n) is 34.1.